The maximum Gasteiger partial charge on any atom is 0.253 e. The average molecular weight is 181 g/mol. The molecule has 2 unspecified atom stereocenters. The van der Waals surface area contributed by atoms with E-state index in [1.807, 2.05) is 6.92 Å². The van der Waals surface area contributed by atoms with Crippen LogP contribution >= 0.6 is 0 Å². The van der Waals surface area contributed by atoms with E-state index in [0.29, 0.717) is 6.61 Å². The van der Waals surface area contributed by atoms with Gasteiger partial charge in [-0.2, -0.15) is 0 Å². The quantitative estimate of drug-likeness (QED) is 0.672. The topological polar surface area (TPSA) is 21.3 Å². The van der Waals surface area contributed by atoms with E-state index in [4.69, 9.17) is 4.74 Å². The predicted molar refractivity (Wildman–Crippen MR) is 44.6 cm³/mol. The van der Waals surface area contributed by atoms with E-state index in [-0.39, 0.29) is 6.04 Å². The number of hydrogen-bond donors (Lipinski definition) is 1. The summed E-state index contributed by atoms with van der Waals surface area (Å²) in [5.41, 5.74) is 0. The van der Waals surface area contributed by atoms with Gasteiger partial charge in [0.15, 0.2) is 0 Å². The summed E-state index contributed by atoms with van der Waals surface area (Å²) in [5, 5.41) is 2.79. The number of alkyl halides is 2. The number of methoxy groups -OCH3 is 1. The molecule has 0 amide bonds. The molecule has 0 aliphatic rings. The predicted octanol–water partition coefficient (Wildman–Crippen LogP) is 1.65. The van der Waals surface area contributed by atoms with Crippen LogP contribution in [-0.4, -0.2) is 32.2 Å². The van der Waals surface area contributed by atoms with Crippen LogP contribution < -0.4 is 5.32 Å². The lowest BCUT2D eigenvalue weighted by Gasteiger charge is -2.20. The van der Waals surface area contributed by atoms with Crippen LogP contribution in [0.2, 0.25) is 0 Å². The molecule has 0 rings (SSSR count). The molecule has 0 aromatic carbocycles. The molecule has 4 heteroatoms. The fourth-order valence-corrected chi connectivity index (χ4v) is 0.930. The molecule has 2 atom stereocenters. The van der Waals surface area contributed by atoms with Crippen molar-refractivity contribution in [3.05, 3.63) is 0 Å². The molecule has 0 aromatic heterocycles. The van der Waals surface area contributed by atoms with Crippen molar-refractivity contribution in [1.29, 1.82) is 0 Å². The molecule has 12 heavy (non-hydrogen) atoms. The van der Waals surface area contributed by atoms with Gasteiger partial charge in [0.2, 0.25) is 0 Å². The summed E-state index contributed by atoms with van der Waals surface area (Å²) in [7, 11) is 1.57. The number of rotatable bonds is 6. The summed E-state index contributed by atoms with van der Waals surface area (Å²) < 4.78 is 29.0. The first-order valence-corrected chi connectivity index (χ1v) is 4.14. The first-order valence-electron chi connectivity index (χ1n) is 4.14. The maximum atomic E-state index is 12.1. The summed E-state index contributed by atoms with van der Waals surface area (Å²) in [5.74, 6) is 0. The molecule has 0 fully saturated rings. The Balaban J connectivity index is 3.68. The zero-order chi connectivity index (χ0) is 9.56. The van der Waals surface area contributed by atoms with Crippen molar-refractivity contribution in [2.75, 3.05) is 13.7 Å². The molecular weight excluding hydrogens is 164 g/mol. The van der Waals surface area contributed by atoms with Gasteiger partial charge in [0.25, 0.3) is 6.43 Å². The van der Waals surface area contributed by atoms with Crippen molar-refractivity contribution in [1.82, 2.24) is 5.32 Å². The highest BCUT2D eigenvalue weighted by Crippen LogP contribution is 2.02. The van der Waals surface area contributed by atoms with Crippen molar-refractivity contribution in [2.24, 2.45) is 0 Å². The Morgan fingerprint density at radius 3 is 2.33 bits per heavy atom. The van der Waals surface area contributed by atoms with Gasteiger partial charge in [-0.1, -0.05) is 6.92 Å². The molecule has 0 saturated heterocycles. The largest absolute Gasteiger partial charge is 0.383 e. The van der Waals surface area contributed by atoms with Crippen molar-refractivity contribution >= 4 is 0 Å². The molecule has 1 N–H and O–H groups in total. The van der Waals surface area contributed by atoms with Crippen LogP contribution in [0.25, 0.3) is 0 Å². The third-order valence-electron chi connectivity index (χ3n) is 1.74. The van der Waals surface area contributed by atoms with Gasteiger partial charge >= 0.3 is 0 Å². The smallest absolute Gasteiger partial charge is 0.253 e. The molecule has 0 heterocycles. The Labute approximate surface area is 72.3 Å². The zero-order valence-electron chi connectivity index (χ0n) is 7.81. The second kappa shape index (κ2) is 6.31. The molecule has 0 bridgehead atoms. The number of halogens is 2. The van der Waals surface area contributed by atoms with E-state index in [2.05, 4.69) is 5.32 Å². The monoisotopic (exact) mass is 181 g/mol. The van der Waals surface area contributed by atoms with Crippen LogP contribution in [0.5, 0.6) is 0 Å². The molecule has 74 valence electrons. The Bertz CT molecular complexity index is 111. The van der Waals surface area contributed by atoms with Crippen molar-refractivity contribution in [2.45, 2.75) is 38.8 Å². The van der Waals surface area contributed by atoms with Gasteiger partial charge in [0.1, 0.15) is 0 Å². The summed E-state index contributed by atoms with van der Waals surface area (Å²) in [4.78, 5) is 0. The third kappa shape index (κ3) is 4.62. The van der Waals surface area contributed by atoms with Crippen molar-refractivity contribution in [3.8, 4) is 0 Å². The zero-order valence-corrected chi connectivity index (χ0v) is 7.81. The summed E-state index contributed by atoms with van der Waals surface area (Å²) in [6.45, 7) is 3.89. The van der Waals surface area contributed by atoms with Gasteiger partial charge in [-0.3, -0.25) is 0 Å². The van der Waals surface area contributed by atoms with Crippen LogP contribution in [0, 0.1) is 0 Å². The van der Waals surface area contributed by atoms with E-state index in [1.165, 1.54) is 6.92 Å². The highest BCUT2D eigenvalue weighted by atomic mass is 19.3. The Morgan fingerprint density at radius 2 is 2.00 bits per heavy atom. The first-order chi connectivity index (χ1) is 5.61. The summed E-state index contributed by atoms with van der Waals surface area (Å²) in [6.07, 6.45) is -1.51. The van der Waals surface area contributed by atoms with Gasteiger partial charge in [0.05, 0.1) is 12.6 Å². The molecule has 0 spiro atoms. The number of nitrogens with one attached hydrogen (secondary N) is 1. The van der Waals surface area contributed by atoms with Crippen molar-refractivity contribution in [3.63, 3.8) is 0 Å². The van der Waals surface area contributed by atoms with Gasteiger partial charge in [0, 0.05) is 13.2 Å². The van der Waals surface area contributed by atoms with Crippen LogP contribution in [-0.2, 0) is 4.74 Å². The van der Waals surface area contributed by atoms with E-state index in [1.54, 1.807) is 7.11 Å². The summed E-state index contributed by atoms with van der Waals surface area (Å²) in [6, 6.07) is -0.732. The SMILES string of the molecule is CCC(COC)NC(C)C(F)F. The lowest BCUT2D eigenvalue weighted by atomic mass is 10.2. The molecule has 0 saturated carbocycles. The average Bonchev–Trinajstić information content (AvgIpc) is 2.03. The molecule has 0 aliphatic carbocycles. The van der Waals surface area contributed by atoms with Crippen LogP contribution in [0.15, 0.2) is 0 Å². The van der Waals surface area contributed by atoms with Gasteiger partial charge in [-0.25, -0.2) is 8.78 Å². The highest BCUT2D eigenvalue weighted by molar-refractivity contribution is 4.71. The van der Waals surface area contributed by atoms with E-state index >= 15 is 0 Å². The Hall–Kier alpha value is -0.220. The van der Waals surface area contributed by atoms with Crippen molar-refractivity contribution < 1.29 is 13.5 Å². The molecule has 0 aromatic rings. The van der Waals surface area contributed by atoms with E-state index in [9.17, 15) is 8.78 Å². The fourth-order valence-electron chi connectivity index (χ4n) is 0.930. The minimum Gasteiger partial charge on any atom is -0.383 e. The van der Waals surface area contributed by atoms with Gasteiger partial charge in [-0.15, -0.1) is 0 Å². The minimum atomic E-state index is -2.31. The lowest BCUT2D eigenvalue weighted by Crippen LogP contribution is -2.42. The van der Waals surface area contributed by atoms with Crippen LogP contribution in [0.3, 0.4) is 0 Å². The Kier molecular flexibility index (Phi) is 6.20. The first kappa shape index (κ1) is 11.8. The normalized spacial score (nSPS) is 16.5. The second-order valence-electron chi connectivity index (χ2n) is 2.85. The third-order valence-corrected chi connectivity index (χ3v) is 1.74. The van der Waals surface area contributed by atoms with Crippen LogP contribution in [0.4, 0.5) is 8.78 Å². The maximum absolute atomic E-state index is 12.1. The number of ether oxygens (including phenoxy) is 1. The standard InChI is InChI=1S/C8H17F2NO/c1-4-7(5-12-3)11-6(2)8(9)10/h6-8,11H,4-5H2,1-3H3. The highest BCUT2D eigenvalue weighted by Gasteiger charge is 2.17. The van der Waals surface area contributed by atoms with Crippen LogP contribution in [0.1, 0.15) is 20.3 Å². The molecular formula is C8H17F2NO. The van der Waals surface area contributed by atoms with E-state index < -0.39 is 12.5 Å². The molecule has 0 radical (unpaired) electrons. The fraction of sp³-hybridized carbons (Fsp3) is 1.00. The van der Waals surface area contributed by atoms with Gasteiger partial charge < -0.3 is 10.1 Å². The summed E-state index contributed by atoms with van der Waals surface area (Å²) >= 11 is 0. The molecule has 2 nitrogen and oxygen atoms in total. The lowest BCUT2D eigenvalue weighted by molar-refractivity contribution is 0.0854. The van der Waals surface area contributed by atoms with E-state index in [0.717, 1.165) is 6.42 Å². The minimum absolute atomic E-state index is 0.0269. The van der Waals surface area contributed by atoms with Gasteiger partial charge in [-0.05, 0) is 13.3 Å². The second-order valence-corrected chi connectivity index (χ2v) is 2.85. The Morgan fingerprint density at radius 1 is 1.42 bits per heavy atom. The number of hydrogen-bond acceptors (Lipinski definition) is 2. The molecule has 0 aliphatic heterocycles.